The van der Waals surface area contributed by atoms with E-state index in [1.807, 2.05) is 4.90 Å². The Labute approximate surface area is 201 Å². The highest BCUT2D eigenvalue weighted by Crippen LogP contribution is 2.34. The summed E-state index contributed by atoms with van der Waals surface area (Å²) in [5.74, 6) is 1.08. The molecular formula is C26H22FN5O3. The normalized spacial score (nSPS) is 13.9. The van der Waals surface area contributed by atoms with Gasteiger partial charge in [-0.25, -0.2) is 19.3 Å². The van der Waals surface area contributed by atoms with Gasteiger partial charge >= 0.3 is 6.01 Å². The molecule has 1 aliphatic rings. The Balaban J connectivity index is 1.24. The van der Waals surface area contributed by atoms with Crippen molar-refractivity contribution in [1.82, 2.24) is 24.8 Å². The molecule has 4 aromatic rings. The number of halogens is 1. The van der Waals surface area contributed by atoms with Crippen molar-refractivity contribution in [1.29, 1.82) is 0 Å². The number of carbonyl (C=O) groups is 1. The predicted molar refractivity (Wildman–Crippen MR) is 125 cm³/mol. The third-order valence-corrected chi connectivity index (χ3v) is 5.72. The molecule has 0 aliphatic carbocycles. The van der Waals surface area contributed by atoms with Gasteiger partial charge in [-0.05, 0) is 61.4 Å². The van der Waals surface area contributed by atoms with Crippen molar-refractivity contribution in [2.75, 3.05) is 13.1 Å². The molecule has 1 saturated heterocycles. The van der Waals surface area contributed by atoms with Crippen LogP contribution in [0, 0.1) is 5.82 Å². The minimum atomic E-state index is -0.334. The van der Waals surface area contributed by atoms with Crippen molar-refractivity contribution < 1.29 is 18.7 Å². The van der Waals surface area contributed by atoms with Crippen LogP contribution in [0.3, 0.4) is 0 Å². The Morgan fingerprint density at radius 1 is 0.829 bits per heavy atom. The van der Waals surface area contributed by atoms with Crippen molar-refractivity contribution in [3.8, 4) is 23.4 Å². The van der Waals surface area contributed by atoms with Crippen LogP contribution in [0.1, 0.15) is 34.8 Å². The Bertz CT molecular complexity index is 1300. The van der Waals surface area contributed by atoms with Crippen molar-refractivity contribution in [2.45, 2.75) is 18.8 Å². The van der Waals surface area contributed by atoms with Crippen molar-refractivity contribution in [2.24, 2.45) is 0 Å². The number of amides is 1. The monoisotopic (exact) mass is 471 g/mol. The van der Waals surface area contributed by atoms with Crippen LogP contribution in [0.5, 0.6) is 23.4 Å². The maximum atomic E-state index is 13.2. The van der Waals surface area contributed by atoms with Crippen LogP contribution in [0.25, 0.3) is 0 Å². The topological polar surface area (TPSA) is 90.3 Å². The fourth-order valence-electron chi connectivity index (χ4n) is 3.98. The largest absolute Gasteiger partial charge is 0.437 e. The summed E-state index contributed by atoms with van der Waals surface area (Å²) in [6.07, 6.45) is 7.82. The molecule has 1 fully saturated rings. The first-order valence-corrected chi connectivity index (χ1v) is 11.2. The second-order valence-electron chi connectivity index (χ2n) is 8.03. The summed E-state index contributed by atoms with van der Waals surface area (Å²) in [6.45, 7) is 1.14. The summed E-state index contributed by atoms with van der Waals surface area (Å²) >= 11 is 0. The van der Waals surface area contributed by atoms with Crippen LogP contribution in [0.4, 0.5) is 4.39 Å². The lowest BCUT2D eigenvalue weighted by Gasteiger charge is -2.32. The number of ether oxygens (including phenoxy) is 2. The van der Waals surface area contributed by atoms with E-state index in [0.717, 1.165) is 18.5 Å². The van der Waals surface area contributed by atoms with Crippen LogP contribution in [-0.4, -0.2) is 43.8 Å². The van der Waals surface area contributed by atoms with Gasteiger partial charge < -0.3 is 14.4 Å². The zero-order valence-electron chi connectivity index (χ0n) is 18.8. The first-order valence-electron chi connectivity index (χ1n) is 11.2. The van der Waals surface area contributed by atoms with E-state index in [4.69, 9.17) is 9.47 Å². The highest BCUT2D eigenvalue weighted by Gasteiger charge is 2.28. The number of likely N-dealkylation sites (tertiary alicyclic amines) is 1. The quantitative estimate of drug-likeness (QED) is 0.390. The Morgan fingerprint density at radius 3 is 2.34 bits per heavy atom. The van der Waals surface area contributed by atoms with Gasteiger partial charge in [-0.15, -0.1) is 0 Å². The van der Waals surface area contributed by atoms with Crippen molar-refractivity contribution in [3.05, 3.63) is 96.5 Å². The molecule has 0 atom stereocenters. The standard InChI is InChI=1S/C26H22FN5O3/c27-20-5-7-21(8-6-20)34-24-23(28-13-14-29-24)18-9-15-32(16-10-18)25(33)19-3-1-4-22(17-19)35-26-30-11-2-12-31-26/h1-8,11-14,17-18H,9-10,15-16H2. The summed E-state index contributed by atoms with van der Waals surface area (Å²) in [5.41, 5.74) is 1.28. The maximum absolute atomic E-state index is 13.2. The number of carbonyl (C=O) groups excluding carboxylic acids is 1. The Morgan fingerprint density at radius 2 is 1.57 bits per heavy atom. The van der Waals surface area contributed by atoms with Gasteiger partial charge in [0.25, 0.3) is 5.91 Å². The predicted octanol–water partition coefficient (Wildman–Crippen LogP) is 5.01. The van der Waals surface area contributed by atoms with Crippen LogP contribution in [0.15, 0.2) is 79.4 Å². The molecular weight excluding hydrogens is 449 g/mol. The zero-order valence-corrected chi connectivity index (χ0v) is 18.8. The molecule has 3 heterocycles. The minimum Gasteiger partial charge on any atom is -0.437 e. The van der Waals surface area contributed by atoms with E-state index in [2.05, 4.69) is 19.9 Å². The van der Waals surface area contributed by atoms with Gasteiger partial charge in [0, 0.05) is 49.4 Å². The molecule has 176 valence electrons. The summed E-state index contributed by atoms with van der Waals surface area (Å²) < 4.78 is 24.7. The second-order valence-corrected chi connectivity index (χ2v) is 8.03. The van der Waals surface area contributed by atoms with Crippen LogP contribution < -0.4 is 9.47 Å². The molecule has 9 heteroatoms. The molecule has 1 aliphatic heterocycles. The fraction of sp³-hybridized carbons (Fsp3) is 0.192. The molecule has 0 radical (unpaired) electrons. The third kappa shape index (κ3) is 5.40. The highest BCUT2D eigenvalue weighted by atomic mass is 19.1. The van der Waals surface area contributed by atoms with Gasteiger partial charge in [-0.2, -0.15) is 0 Å². The van der Waals surface area contributed by atoms with Crippen LogP contribution in [-0.2, 0) is 0 Å². The first-order chi connectivity index (χ1) is 17.2. The first kappa shape index (κ1) is 22.4. The zero-order chi connectivity index (χ0) is 24.0. The SMILES string of the molecule is O=C(c1cccc(Oc2ncccn2)c1)N1CCC(c2nccnc2Oc2ccc(F)cc2)CC1. The smallest absolute Gasteiger partial charge is 0.321 e. The lowest BCUT2D eigenvalue weighted by atomic mass is 9.93. The molecule has 1 amide bonds. The molecule has 0 spiro atoms. The number of aromatic nitrogens is 4. The number of benzene rings is 2. The summed E-state index contributed by atoms with van der Waals surface area (Å²) in [4.78, 5) is 31.9. The number of nitrogens with zero attached hydrogens (tertiary/aromatic N) is 5. The fourth-order valence-corrected chi connectivity index (χ4v) is 3.98. The lowest BCUT2D eigenvalue weighted by Crippen LogP contribution is -2.38. The number of piperidine rings is 1. The number of hydrogen-bond acceptors (Lipinski definition) is 7. The van der Waals surface area contributed by atoms with Crippen molar-refractivity contribution in [3.63, 3.8) is 0 Å². The molecule has 35 heavy (non-hydrogen) atoms. The Hall–Kier alpha value is -4.40. The highest BCUT2D eigenvalue weighted by molar-refractivity contribution is 5.94. The van der Waals surface area contributed by atoms with Crippen molar-refractivity contribution >= 4 is 5.91 Å². The summed E-state index contributed by atoms with van der Waals surface area (Å²) in [5, 5.41) is 0. The van der Waals surface area contributed by atoms with Crippen LogP contribution in [0.2, 0.25) is 0 Å². The van der Waals surface area contributed by atoms with Crippen LogP contribution >= 0.6 is 0 Å². The molecule has 2 aromatic heterocycles. The van der Waals surface area contributed by atoms with E-state index in [-0.39, 0.29) is 23.7 Å². The molecule has 0 saturated carbocycles. The van der Waals surface area contributed by atoms with E-state index >= 15 is 0 Å². The van der Waals surface area contributed by atoms with Gasteiger partial charge in [-0.1, -0.05) is 6.07 Å². The molecule has 0 bridgehead atoms. The molecule has 2 aromatic carbocycles. The van der Waals surface area contributed by atoms with Gasteiger partial charge in [-0.3, -0.25) is 9.78 Å². The number of rotatable bonds is 6. The van der Waals surface area contributed by atoms with E-state index in [0.29, 0.717) is 36.0 Å². The Kier molecular flexibility index (Phi) is 6.56. The maximum Gasteiger partial charge on any atom is 0.321 e. The van der Waals surface area contributed by atoms with E-state index in [9.17, 15) is 9.18 Å². The average Bonchev–Trinajstić information content (AvgIpc) is 2.91. The van der Waals surface area contributed by atoms with E-state index in [1.54, 1.807) is 67.3 Å². The molecule has 8 nitrogen and oxygen atoms in total. The number of hydrogen-bond donors (Lipinski definition) is 0. The van der Waals surface area contributed by atoms with E-state index < -0.39 is 0 Å². The molecule has 5 rings (SSSR count). The van der Waals surface area contributed by atoms with Gasteiger partial charge in [0.05, 0.1) is 0 Å². The summed E-state index contributed by atoms with van der Waals surface area (Å²) in [7, 11) is 0. The van der Waals surface area contributed by atoms with Gasteiger partial charge in [0.1, 0.15) is 23.0 Å². The second kappa shape index (κ2) is 10.3. The van der Waals surface area contributed by atoms with Gasteiger partial charge in [0.15, 0.2) is 0 Å². The molecule has 0 N–H and O–H groups in total. The average molecular weight is 471 g/mol. The lowest BCUT2D eigenvalue weighted by molar-refractivity contribution is 0.0711. The summed E-state index contributed by atoms with van der Waals surface area (Å²) in [6, 6.07) is 14.7. The molecule has 0 unspecified atom stereocenters. The third-order valence-electron chi connectivity index (χ3n) is 5.72. The minimum absolute atomic E-state index is 0.0650. The van der Waals surface area contributed by atoms with Gasteiger partial charge in [0.2, 0.25) is 5.88 Å². The van der Waals surface area contributed by atoms with E-state index in [1.165, 1.54) is 12.1 Å².